The highest BCUT2D eigenvalue weighted by Gasteiger charge is 2.28. The molecule has 1 unspecified atom stereocenters. The number of carbonyl (C=O) groups is 1. The van der Waals surface area contributed by atoms with Crippen molar-refractivity contribution in [3.05, 3.63) is 35.4 Å². The molecule has 0 radical (unpaired) electrons. The van der Waals surface area contributed by atoms with Crippen LogP contribution in [0.5, 0.6) is 0 Å². The summed E-state index contributed by atoms with van der Waals surface area (Å²) >= 11 is 5.86. The van der Waals surface area contributed by atoms with Crippen molar-refractivity contribution in [1.29, 1.82) is 0 Å². The minimum absolute atomic E-state index is 0.238. The number of benzene rings is 1. The molecule has 2 saturated heterocycles. The lowest BCUT2D eigenvalue weighted by atomic mass is 10.1. The van der Waals surface area contributed by atoms with Crippen molar-refractivity contribution in [1.82, 2.24) is 9.80 Å². The number of amides is 1. The van der Waals surface area contributed by atoms with Crippen LogP contribution >= 0.6 is 11.6 Å². The lowest BCUT2D eigenvalue weighted by Crippen LogP contribution is -2.24. The molecule has 0 aliphatic carbocycles. The fourth-order valence-electron chi connectivity index (χ4n) is 3.28. The molecule has 3 rings (SSSR count). The highest BCUT2D eigenvalue weighted by atomic mass is 35.5. The normalized spacial score (nSPS) is 23.2. The van der Waals surface area contributed by atoms with Crippen molar-refractivity contribution < 1.29 is 4.79 Å². The van der Waals surface area contributed by atoms with E-state index in [1.807, 2.05) is 4.90 Å². The zero-order valence-corrected chi connectivity index (χ0v) is 13.2. The molecular formula is C17H23ClN2O. The third-order valence-corrected chi connectivity index (χ3v) is 4.95. The van der Waals surface area contributed by atoms with Crippen LogP contribution in [0.4, 0.5) is 0 Å². The van der Waals surface area contributed by atoms with Crippen molar-refractivity contribution in [2.75, 3.05) is 25.5 Å². The maximum Gasteiger partial charge on any atom is 0.223 e. The Bertz CT molecular complexity index is 482. The predicted molar refractivity (Wildman–Crippen MR) is 85.2 cm³/mol. The fraction of sp³-hybridized carbons (Fsp3) is 0.588. The molecule has 3 nitrogen and oxygen atoms in total. The molecule has 114 valence electrons. The fourth-order valence-corrected chi connectivity index (χ4v) is 3.49. The molecule has 1 amide bonds. The van der Waals surface area contributed by atoms with Crippen molar-refractivity contribution in [2.24, 2.45) is 5.92 Å². The molecule has 2 heterocycles. The number of likely N-dealkylation sites (tertiary alicyclic amines) is 2. The Morgan fingerprint density at radius 2 is 1.67 bits per heavy atom. The average Bonchev–Trinajstić information content (AvgIpc) is 3.11. The van der Waals surface area contributed by atoms with Gasteiger partial charge in [0.05, 0.1) is 0 Å². The summed E-state index contributed by atoms with van der Waals surface area (Å²) in [5, 5.41) is 0. The monoisotopic (exact) mass is 306 g/mol. The predicted octanol–water partition coefficient (Wildman–Crippen LogP) is 2.87. The van der Waals surface area contributed by atoms with Crippen LogP contribution in [0.25, 0.3) is 0 Å². The molecule has 1 aromatic carbocycles. The topological polar surface area (TPSA) is 23.6 Å². The van der Waals surface area contributed by atoms with Gasteiger partial charge in [0.15, 0.2) is 0 Å². The van der Waals surface area contributed by atoms with Crippen LogP contribution in [-0.4, -0.2) is 41.2 Å². The summed E-state index contributed by atoms with van der Waals surface area (Å²) in [6.07, 6.45) is 3.27. The minimum atomic E-state index is 0.238. The Balaban J connectivity index is 1.55. The number of nitrogens with zero attached hydrogens (tertiary/aromatic N) is 2. The molecule has 4 heteroatoms. The molecule has 0 N–H and O–H groups in total. The molecule has 2 fully saturated rings. The van der Waals surface area contributed by atoms with Gasteiger partial charge in [0, 0.05) is 31.9 Å². The summed E-state index contributed by atoms with van der Waals surface area (Å²) in [5.74, 6) is 1.15. The van der Waals surface area contributed by atoms with Gasteiger partial charge in [0.25, 0.3) is 0 Å². The van der Waals surface area contributed by atoms with Crippen LogP contribution in [0.1, 0.15) is 30.4 Å². The van der Waals surface area contributed by atoms with Gasteiger partial charge in [0.1, 0.15) is 0 Å². The minimum Gasteiger partial charge on any atom is -0.338 e. The van der Waals surface area contributed by atoms with Gasteiger partial charge in [-0.2, -0.15) is 0 Å². The Hall–Kier alpha value is -1.06. The van der Waals surface area contributed by atoms with Gasteiger partial charge in [-0.1, -0.05) is 24.3 Å². The van der Waals surface area contributed by atoms with E-state index in [1.165, 1.54) is 37.1 Å². The highest BCUT2D eigenvalue weighted by Crippen LogP contribution is 2.21. The maximum atomic E-state index is 11.9. The summed E-state index contributed by atoms with van der Waals surface area (Å²) < 4.78 is 0. The van der Waals surface area contributed by atoms with Crippen LogP contribution in [0.2, 0.25) is 0 Å². The molecule has 2 aliphatic heterocycles. The molecule has 21 heavy (non-hydrogen) atoms. The van der Waals surface area contributed by atoms with Gasteiger partial charge < -0.3 is 4.90 Å². The van der Waals surface area contributed by atoms with E-state index in [-0.39, 0.29) is 5.91 Å². The maximum absolute atomic E-state index is 11.9. The molecular weight excluding hydrogens is 284 g/mol. The smallest absolute Gasteiger partial charge is 0.223 e. The van der Waals surface area contributed by atoms with E-state index < -0.39 is 0 Å². The number of hydrogen-bond donors (Lipinski definition) is 0. The summed E-state index contributed by atoms with van der Waals surface area (Å²) in [4.78, 5) is 16.3. The van der Waals surface area contributed by atoms with Crippen molar-refractivity contribution in [3.63, 3.8) is 0 Å². The Morgan fingerprint density at radius 1 is 1.05 bits per heavy atom. The quantitative estimate of drug-likeness (QED) is 0.781. The standard InChI is InChI=1S/C17H23ClN2O/c18-10-16-9-17(21)20(13-16)12-15-5-3-14(4-6-15)11-19-7-1-2-8-19/h3-6,16H,1-2,7-13H2. The number of alkyl halides is 1. The van der Waals surface area contributed by atoms with Crippen LogP contribution in [-0.2, 0) is 17.9 Å². The van der Waals surface area contributed by atoms with Crippen molar-refractivity contribution >= 4 is 17.5 Å². The first-order chi connectivity index (χ1) is 10.2. The van der Waals surface area contributed by atoms with Crippen LogP contribution in [0.15, 0.2) is 24.3 Å². The summed E-state index contributed by atoms with van der Waals surface area (Å²) in [6.45, 7) is 5.03. The van der Waals surface area contributed by atoms with Gasteiger partial charge in [-0.25, -0.2) is 0 Å². The van der Waals surface area contributed by atoms with Gasteiger partial charge in [-0.3, -0.25) is 9.69 Å². The Labute approximate surface area is 131 Å². The second kappa shape index (κ2) is 6.80. The molecule has 0 bridgehead atoms. The van der Waals surface area contributed by atoms with E-state index in [2.05, 4.69) is 29.2 Å². The summed E-state index contributed by atoms with van der Waals surface area (Å²) in [5.41, 5.74) is 2.58. The zero-order chi connectivity index (χ0) is 14.7. The van der Waals surface area contributed by atoms with E-state index in [0.29, 0.717) is 18.2 Å². The first-order valence-corrected chi connectivity index (χ1v) is 8.42. The van der Waals surface area contributed by atoms with Gasteiger partial charge in [-0.05, 0) is 43.0 Å². The van der Waals surface area contributed by atoms with Crippen LogP contribution in [0, 0.1) is 5.92 Å². The van der Waals surface area contributed by atoms with E-state index >= 15 is 0 Å². The highest BCUT2D eigenvalue weighted by molar-refractivity contribution is 6.18. The first-order valence-electron chi connectivity index (χ1n) is 7.88. The third-order valence-electron chi connectivity index (χ3n) is 4.51. The summed E-state index contributed by atoms with van der Waals surface area (Å²) in [7, 11) is 0. The molecule has 0 spiro atoms. The number of hydrogen-bond acceptors (Lipinski definition) is 2. The zero-order valence-electron chi connectivity index (χ0n) is 12.4. The largest absolute Gasteiger partial charge is 0.338 e. The third kappa shape index (κ3) is 3.78. The van der Waals surface area contributed by atoms with Gasteiger partial charge in [-0.15, -0.1) is 11.6 Å². The lowest BCUT2D eigenvalue weighted by Gasteiger charge is -2.18. The molecule has 1 aromatic rings. The number of carbonyl (C=O) groups excluding carboxylic acids is 1. The van der Waals surface area contributed by atoms with Crippen molar-refractivity contribution in [3.8, 4) is 0 Å². The lowest BCUT2D eigenvalue weighted by molar-refractivity contribution is -0.128. The van der Waals surface area contributed by atoms with Crippen LogP contribution < -0.4 is 0 Å². The average molecular weight is 307 g/mol. The van der Waals surface area contributed by atoms with Gasteiger partial charge >= 0.3 is 0 Å². The van der Waals surface area contributed by atoms with Gasteiger partial charge in [0.2, 0.25) is 5.91 Å². The van der Waals surface area contributed by atoms with Crippen molar-refractivity contribution in [2.45, 2.75) is 32.4 Å². The second-order valence-electron chi connectivity index (χ2n) is 6.30. The second-order valence-corrected chi connectivity index (χ2v) is 6.61. The van der Waals surface area contributed by atoms with E-state index in [4.69, 9.17) is 11.6 Å². The number of halogens is 1. The molecule has 2 aliphatic rings. The van der Waals surface area contributed by atoms with E-state index in [9.17, 15) is 4.79 Å². The Morgan fingerprint density at radius 3 is 2.24 bits per heavy atom. The SMILES string of the molecule is O=C1CC(CCl)CN1Cc1ccc(CN2CCCC2)cc1. The van der Waals surface area contributed by atoms with E-state index in [0.717, 1.165) is 19.6 Å². The molecule has 0 aromatic heterocycles. The number of rotatable bonds is 5. The molecule has 1 atom stereocenters. The first kappa shape index (κ1) is 14.9. The van der Waals surface area contributed by atoms with E-state index in [1.54, 1.807) is 0 Å². The van der Waals surface area contributed by atoms with Crippen LogP contribution in [0.3, 0.4) is 0 Å². The Kier molecular flexibility index (Phi) is 4.81. The summed E-state index contributed by atoms with van der Waals surface area (Å²) in [6, 6.07) is 8.72. The molecule has 0 saturated carbocycles.